The molecule has 0 saturated carbocycles. The Balaban J connectivity index is 1.92. The van der Waals surface area contributed by atoms with Crippen LogP contribution in [0.1, 0.15) is 57.2 Å². The highest BCUT2D eigenvalue weighted by molar-refractivity contribution is 5.77. The molecule has 1 aromatic heterocycles. The van der Waals surface area contributed by atoms with Gasteiger partial charge >= 0.3 is 5.69 Å². The van der Waals surface area contributed by atoms with Crippen molar-refractivity contribution in [2.45, 2.75) is 76.9 Å². The minimum absolute atomic E-state index is 0.274. The highest BCUT2D eigenvalue weighted by Gasteiger charge is 2.46. The van der Waals surface area contributed by atoms with E-state index in [1.54, 1.807) is 0 Å². The molecule has 1 saturated heterocycles. The number of rotatable bonds is 12. The number of hydrogen-bond acceptors (Lipinski definition) is 7. The molecule has 0 unspecified atom stereocenters. The number of carbonyl (C=O) groups is 1. The van der Waals surface area contributed by atoms with E-state index in [1.165, 1.54) is 32.4 Å². The quantitative estimate of drug-likeness (QED) is 0.343. The number of aryl methyl sites for hydroxylation is 1. The fourth-order valence-corrected chi connectivity index (χ4v) is 3.40. The molecule has 1 fully saturated rings. The maximum absolute atomic E-state index is 12.2. The van der Waals surface area contributed by atoms with Crippen molar-refractivity contribution in [3.63, 3.8) is 0 Å². The first-order valence-electron chi connectivity index (χ1n) is 10.5. The Labute approximate surface area is 175 Å². The van der Waals surface area contributed by atoms with Crippen LogP contribution in [0.15, 0.2) is 15.8 Å². The first-order valence-corrected chi connectivity index (χ1v) is 10.5. The van der Waals surface area contributed by atoms with E-state index in [0.29, 0.717) is 6.54 Å². The molecule has 1 aliphatic heterocycles. The average molecular weight is 427 g/mol. The predicted octanol–water partition coefficient (Wildman–Crippen LogP) is -0.0425. The van der Waals surface area contributed by atoms with Gasteiger partial charge in [-0.1, -0.05) is 39.0 Å². The van der Waals surface area contributed by atoms with Gasteiger partial charge in [0.2, 0.25) is 5.91 Å². The van der Waals surface area contributed by atoms with Gasteiger partial charge in [0.05, 0.1) is 6.61 Å². The largest absolute Gasteiger partial charge is 0.394 e. The predicted molar refractivity (Wildman–Crippen MR) is 109 cm³/mol. The molecule has 1 amide bonds. The molecular formula is C20H33N3O7. The smallest absolute Gasteiger partial charge is 0.330 e. The summed E-state index contributed by atoms with van der Waals surface area (Å²) in [5.41, 5.74) is -0.988. The number of H-pyrrole nitrogens is 1. The van der Waals surface area contributed by atoms with E-state index < -0.39 is 42.4 Å². The van der Waals surface area contributed by atoms with Crippen molar-refractivity contribution in [1.82, 2.24) is 14.9 Å². The molecule has 4 atom stereocenters. The minimum Gasteiger partial charge on any atom is -0.394 e. The second kappa shape index (κ2) is 12.0. The second-order valence-electron chi connectivity index (χ2n) is 7.61. The lowest BCUT2D eigenvalue weighted by Gasteiger charge is -2.22. The van der Waals surface area contributed by atoms with Gasteiger partial charge in [-0.05, 0) is 13.3 Å². The maximum atomic E-state index is 12.2. The van der Waals surface area contributed by atoms with Gasteiger partial charge in [-0.3, -0.25) is 19.1 Å². The molecule has 0 aliphatic carbocycles. The van der Waals surface area contributed by atoms with Crippen LogP contribution < -0.4 is 16.6 Å². The van der Waals surface area contributed by atoms with Gasteiger partial charge in [-0.15, -0.1) is 0 Å². The van der Waals surface area contributed by atoms with Crippen LogP contribution in [0, 0.1) is 6.92 Å². The van der Waals surface area contributed by atoms with Gasteiger partial charge in [0.1, 0.15) is 24.9 Å². The number of carbonyl (C=O) groups excluding carboxylic acids is 1. The summed E-state index contributed by atoms with van der Waals surface area (Å²) in [5, 5.41) is 22.6. The topological polar surface area (TPSA) is 143 Å². The first-order chi connectivity index (χ1) is 14.4. The molecule has 1 aliphatic rings. The molecule has 1 aromatic rings. The normalized spacial score (nSPS) is 23.6. The molecule has 2 rings (SSSR count). The van der Waals surface area contributed by atoms with Crippen molar-refractivity contribution in [3.8, 4) is 0 Å². The third-order valence-electron chi connectivity index (χ3n) is 5.17. The zero-order chi connectivity index (χ0) is 22.1. The number of amides is 1. The van der Waals surface area contributed by atoms with Crippen LogP contribution in [0.25, 0.3) is 0 Å². The lowest BCUT2D eigenvalue weighted by Crippen LogP contribution is -2.41. The maximum Gasteiger partial charge on any atom is 0.330 e. The van der Waals surface area contributed by atoms with E-state index in [0.717, 1.165) is 23.8 Å². The lowest BCUT2D eigenvalue weighted by molar-refractivity contribution is -0.133. The highest BCUT2D eigenvalue weighted by atomic mass is 16.6. The van der Waals surface area contributed by atoms with E-state index >= 15 is 0 Å². The van der Waals surface area contributed by atoms with Crippen molar-refractivity contribution in [1.29, 1.82) is 0 Å². The molecule has 0 radical (unpaired) electrons. The van der Waals surface area contributed by atoms with Crippen LogP contribution in [0.4, 0.5) is 0 Å². The molecular weight excluding hydrogens is 394 g/mol. The summed E-state index contributed by atoms with van der Waals surface area (Å²) >= 11 is 0. The van der Waals surface area contributed by atoms with Gasteiger partial charge in [0.15, 0.2) is 6.23 Å². The number of aromatic nitrogens is 2. The van der Waals surface area contributed by atoms with E-state index in [-0.39, 0.29) is 18.1 Å². The number of ether oxygens (including phenoxy) is 2. The summed E-state index contributed by atoms with van der Waals surface area (Å²) in [6.07, 6.45) is 3.60. The Hall–Kier alpha value is -2.01. The van der Waals surface area contributed by atoms with Crippen molar-refractivity contribution in [3.05, 3.63) is 32.6 Å². The Morgan fingerprint density at radius 2 is 1.97 bits per heavy atom. The summed E-state index contributed by atoms with van der Waals surface area (Å²) in [4.78, 5) is 38.0. The SMILES string of the molecule is CCCCCCCCNC(=O)CO[C@@H]1[C@H](O)[C@@H](CO)O[C@H]1n1cc(C)c(=O)[nH]c1=O. The molecule has 0 aromatic carbocycles. The van der Waals surface area contributed by atoms with E-state index in [9.17, 15) is 24.6 Å². The van der Waals surface area contributed by atoms with Crippen molar-refractivity contribution < 1.29 is 24.5 Å². The molecule has 4 N–H and O–H groups in total. The Morgan fingerprint density at radius 3 is 2.67 bits per heavy atom. The third kappa shape index (κ3) is 6.49. The Morgan fingerprint density at radius 1 is 1.27 bits per heavy atom. The van der Waals surface area contributed by atoms with Gasteiger partial charge in [0, 0.05) is 18.3 Å². The van der Waals surface area contributed by atoms with Crippen LogP contribution >= 0.6 is 0 Å². The fourth-order valence-electron chi connectivity index (χ4n) is 3.40. The highest BCUT2D eigenvalue weighted by Crippen LogP contribution is 2.30. The van der Waals surface area contributed by atoms with Crippen LogP contribution in [-0.4, -0.2) is 63.7 Å². The van der Waals surface area contributed by atoms with Crippen LogP contribution in [-0.2, 0) is 14.3 Å². The summed E-state index contributed by atoms with van der Waals surface area (Å²) in [6.45, 7) is 3.41. The van der Waals surface area contributed by atoms with Gasteiger partial charge in [-0.25, -0.2) is 4.79 Å². The van der Waals surface area contributed by atoms with Crippen molar-refractivity contribution in [2.24, 2.45) is 0 Å². The zero-order valence-electron chi connectivity index (χ0n) is 17.6. The molecule has 10 heteroatoms. The first kappa shape index (κ1) is 24.3. The van der Waals surface area contributed by atoms with E-state index in [1.807, 2.05) is 0 Å². The van der Waals surface area contributed by atoms with E-state index in [2.05, 4.69) is 17.2 Å². The molecule has 30 heavy (non-hydrogen) atoms. The Kier molecular flexibility index (Phi) is 9.70. The molecule has 0 bridgehead atoms. The number of nitrogens with zero attached hydrogens (tertiary/aromatic N) is 1. The number of hydrogen-bond donors (Lipinski definition) is 4. The second-order valence-corrected chi connectivity index (χ2v) is 7.61. The lowest BCUT2D eigenvalue weighted by atomic mass is 10.1. The number of aliphatic hydroxyl groups is 2. The third-order valence-corrected chi connectivity index (χ3v) is 5.17. The summed E-state index contributed by atoms with van der Waals surface area (Å²) in [7, 11) is 0. The monoisotopic (exact) mass is 427 g/mol. The number of unbranched alkanes of at least 4 members (excludes halogenated alkanes) is 5. The van der Waals surface area contributed by atoms with Crippen LogP contribution in [0.5, 0.6) is 0 Å². The number of aliphatic hydroxyl groups excluding tert-OH is 2. The van der Waals surface area contributed by atoms with Gasteiger partial charge in [-0.2, -0.15) is 0 Å². The fraction of sp³-hybridized carbons (Fsp3) is 0.750. The van der Waals surface area contributed by atoms with E-state index in [4.69, 9.17) is 9.47 Å². The zero-order valence-corrected chi connectivity index (χ0v) is 17.6. The van der Waals surface area contributed by atoms with Crippen molar-refractivity contribution >= 4 is 5.91 Å². The van der Waals surface area contributed by atoms with Gasteiger partial charge in [0.25, 0.3) is 5.56 Å². The number of nitrogens with one attached hydrogen (secondary N) is 2. The molecule has 170 valence electrons. The minimum atomic E-state index is -1.24. The molecule has 0 spiro atoms. The van der Waals surface area contributed by atoms with Gasteiger partial charge < -0.3 is 25.0 Å². The number of aromatic amines is 1. The van der Waals surface area contributed by atoms with Crippen LogP contribution in [0.2, 0.25) is 0 Å². The molecule has 10 nitrogen and oxygen atoms in total. The molecule has 2 heterocycles. The summed E-state index contributed by atoms with van der Waals surface area (Å²) in [6, 6.07) is 0. The van der Waals surface area contributed by atoms with Crippen molar-refractivity contribution in [2.75, 3.05) is 19.8 Å². The summed E-state index contributed by atoms with van der Waals surface area (Å²) in [5.74, 6) is -0.341. The average Bonchev–Trinajstić information content (AvgIpc) is 3.03. The van der Waals surface area contributed by atoms with Crippen LogP contribution in [0.3, 0.4) is 0 Å². The standard InChI is InChI=1S/C20H33N3O7/c1-3-4-5-6-7-8-9-21-15(25)12-29-17-16(26)14(11-24)30-19(17)23-10-13(2)18(27)22-20(23)28/h10,14,16-17,19,24,26H,3-9,11-12H2,1-2H3,(H,21,25)(H,22,27,28)/t14-,16-,17-,19-/m1/s1. The Bertz CT molecular complexity index is 791. The summed E-state index contributed by atoms with van der Waals surface area (Å²) < 4.78 is 12.2.